The maximum atomic E-state index is 13.5. The molecule has 126 valence electrons. The summed E-state index contributed by atoms with van der Waals surface area (Å²) in [6.07, 6.45) is 1.61. The average Bonchev–Trinajstić information content (AvgIpc) is 3.42. The minimum atomic E-state index is -0.490. The number of carbonyl (C=O) groups excluding carboxylic acids is 1. The van der Waals surface area contributed by atoms with Crippen molar-refractivity contribution >= 4 is 22.4 Å². The molecule has 6 heteroatoms. The Morgan fingerprint density at radius 3 is 2.36 bits per heavy atom. The Labute approximate surface area is 141 Å². The lowest BCUT2D eigenvalue weighted by Crippen LogP contribution is -2.28. The molecule has 3 aromatic rings. The van der Waals surface area contributed by atoms with Crippen molar-refractivity contribution in [1.29, 1.82) is 0 Å². The molecule has 2 aromatic carbocycles. The highest BCUT2D eigenvalue weighted by Gasteiger charge is 2.29. The van der Waals surface area contributed by atoms with E-state index in [9.17, 15) is 18.4 Å². The molecule has 1 fully saturated rings. The van der Waals surface area contributed by atoms with Gasteiger partial charge >= 0.3 is 0 Å². The van der Waals surface area contributed by atoms with Crippen LogP contribution in [0.15, 0.2) is 53.3 Å². The molecule has 0 saturated heterocycles. The van der Waals surface area contributed by atoms with E-state index in [0.29, 0.717) is 11.1 Å². The van der Waals surface area contributed by atoms with Gasteiger partial charge in [0.25, 0.3) is 11.5 Å². The smallest absolute Gasteiger partial charge is 0.272 e. The third kappa shape index (κ3) is 2.91. The van der Waals surface area contributed by atoms with Gasteiger partial charge in [0.05, 0.1) is 5.39 Å². The van der Waals surface area contributed by atoms with Crippen LogP contribution in [0.1, 0.15) is 29.4 Å². The summed E-state index contributed by atoms with van der Waals surface area (Å²) < 4.78 is 27.9. The van der Waals surface area contributed by atoms with Crippen LogP contribution in [0.4, 0.5) is 14.5 Å². The Morgan fingerprint density at radius 1 is 1.00 bits per heavy atom. The lowest BCUT2D eigenvalue weighted by atomic mass is 10.1. The summed E-state index contributed by atoms with van der Waals surface area (Å²) in [6.45, 7) is 0. The van der Waals surface area contributed by atoms with Crippen LogP contribution >= 0.6 is 0 Å². The third-order valence-electron chi connectivity index (χ3n) is 4.26. The van der Waals surface area contributed by atoms with Crippen LogP contribution in [0.2, 0.25) is 0 Å². The molecule has 1 aliphatic carbocycles. The first kappa shape index (κ1) is 15.5. The van der Waals surface area contributed by atoms with Gasteiger partial charge in [-0.3, -0.25) is 9.59 Å². The minimum absolute atomic E-state index is 0.0471. The predicted molar refractivity (Wildman–Crippen MR) is 90.8 cm³/mol. The fourth-order valence-corrected chi connectivity index (χ4v) is 2.89. The van der Waals surface area contributed by atoms with Crippen molar-refractivity contribution in [1.82, 2.24) is 4.57 Å². The standard InChI is InChI=1S/C19H14F2N2O2/c20-12-3-5-14(6-4-12)22-18(24)17-9-11-1-2-13(21)10-16(11)19(25)23(17)15-7-8-15/h1-6,9-10,15H,7-8H2,(H,22,24). The van der Waals surface area contributed by atoms with Crippen LogP contribution in [-0.4, -0.2) is 10.5 Å². The Kier molecular flexibility index (Phi) is 3.60. The number of hydrogen-bond donors (Lipinski definition) is 1. The summed E-state index contributed by atoms with van der Waals surface area (Å²) >= 11 is 0. The lowest BCUT2D eigenvalue weighted by Gasteiger charge is -2.14. The topological polar surface area (TPSA) is 51.1 Å². The first-order valence-corrected chi connectivity index (χ1v) is 7.94. The molecule has 0 spiro atoms. The summed E-state index contributed by atoms with van der Waals surface area (Å²) in [5.74, 6) is -1.35. The number of rotatable bonds is 3. The van der Waals surface area contributed by atoms with Crippen molar-refractivity contribution in [2.75, 3.05) is 5.32 Å². The van der Waals surface area contributed by atoms with E-state index in [1.165, 1.54) is 47.0 Å². The maximum absolute atomic E-state index is 13.5. The number of pyridine rings is 1. The fourth-order valence-electron chi connectivity index (χ4n) is 2.89. The van der Waals surface area contributed by atoms with Crippen molar-refractivity contribution in [3.05, 3.63) is 76.2 Å². The highest BCUT2D eigenvalue weighted by Crippen LogP contribution is 2.35. The molecule has 25 heavy (non-hydrogen) atoms. The van der Waals surface area contributed by atoms with E-state index in [4.69, 9.17) is 0 Å². The molecule has 0 bridgehead atoms. The van der Waals surface area contributed by atoms with Gasteiger partial charge in [0.2, 0.25) is 0 Å². The zero-order valence-corrected chi connectivity index (χ0v) is 13.1. The summed E-state index contributed by atoms with van der Waals surface area (Å²) in [4.78, 5) is 25.4. The molecule has 0 radical (unpaired) electrons. The maximum Gasteiger partial charge on any atom is 0.272 e. The van der Waals surface area contributed by atoms with Crippen molar-refractivity contribution in [2.24, 2.45) is 0 Å². The Balaban J connectivity index is 1.81. The Morgan fingerprint density at radius 2 is 1.68 bits per heavy atom. The first-order chi connectivity index (χ1) is 12.0. The van der Waals surface area contributed by atoms with E-state index in [-0.39, 0.29) is 22.7 Å². The lowest BCUT2D eigenvalue weighted by molar-refractivity contribution is 0.101. The molecule has 0 aliphatic heterocycles. The van der Waals surface area contributed by atoms with Crippen molar-refractivity contribution in [2.45, 2.75) is 18.9 Å². The van der Waals surface area contributed by atoms with Crippen LogP contribution in [0.25, 0.3) is 10.8 Å². The van der Waals surface area contributed by atoms with Gasteiger partial charge in [0, 0.05) is 11.7 Å². The zero-order chi connectivity index (χ0) is 17.6. The summed E-state index contributed by atoms with van der Waals surface area (Å²) in [7, 11) is 0. The molecular formula is C19H14F2N2O2. The van der Waals surface area contributed by atoms with E-state index in [0.717, 1.165) is 12.8 Å². The summed E-state index contributed by atoms with van der Waals surface area (Å²) in [5.41, 5.74) is 0.278. The van der Waals surface area contributed by atoms with E-state index >= 15 is 0 Å². The number of aromatic nitrogens is 1. The van der Waals surface area contributed by atoms with Gasteiger partial charge in [0.1, 0.15) is 17.3 Å². The van der Waals surface area contributed by atoms with Gasteiger partial charge in [0.15, 0.2) is 0 Å². The molecule has 1 amide bonds. The molecule has 0 unspecified atom stereocenters. The second-order valence-electron chi connectivity index (χ2n) is 6.13. The number of benzene rings is 2. The van der Waals surface area contributed by atoms with E-state index in [2.05, 4.69) is 5.32 Å². The molecular weight excluding hydrogens is 326 g/mol. The number of carbonyl (C=O) groups is 1. The van der Waals surface area contributed by atoms with Gasteiger partial charge in [-0.25, -0.2) is 8.78 Å². The van der Waals surface area contributed by atoms with Gasteiger partial charge in [-0.15, -0.1) is 0 Å². The van der Waals surface area contributed by atoms with Crippen LogP contribution in [-0.2, 0) is 0 Å². The van der Waals surface area contributed by atoms with Crippen molar-refractivity contribution < 1.29 is 13.6 Å². The SMILES string of the molecule is O=C(Nc1ccc(F)cc1)c1cc2ccc(F)cc2c(=O)n1C1CC1. The molecule has 4 rings (SSSR count). The summed E-state index contributed by atoms with van der Waals surface area (Å²) in [6, 6.07) is 10.9. The number of halogens is 2. The molecule has 1 N–H and O–H groups in total. The minimum Gasteiger partial charge on any atom is -0.321 e. The third-order valence-corrected chi connectivity index (χ3v) is 4.26. The van der Waals surface area contributed by atoms with Crippen molar-refractivity contribution in [3.8, 4) is 0 Å². The number of anilines is 1. The monoisotopic (exact) mass is 340 g/mol. The largest absolute Gasteiger partial charge is 0.321 e. The second-order valence-corrected chi connectivity index (χ2v) is 6.13. The number of nitrogens with one attached hydrogen (secondary N) is 1. The highest BCUT2D eigenvalue weighted by atomic mass is 19.1. The van der Waals surface area contributed by atoms with Crippen LogP contribution in [0.3, 0.4) is 0 Å². The number of nitrogens with zero attached hydrogens (tertiary/aromatic N) is 1. The Bertz CT molecular complexity index is 1040. The first-order valence-electron chi connectivity index (χ1n) is 7.94. The number of hydrogen-bond acceptors (Lipinski definition) is 2. The molecule has 1 aliphatic rings. The highest BCUT2D eigenvalue weighted by molar-refractivity contribution is 6.05. The number of amides is 1. The molecule has 1 saturated carbocycles. The van der Waals surface area contributed by atoms with E-state index in [1.807, 2.05) is 0 Å². The predicted octanol–water partition coefficient (Wildman–Crippen LogP) is 3.87. The average molecular weight is 340 g/mol. The van der Waals surface area contributed by atoms with Gasteiger partial charge in [-0.05, 0) is 60.7 Å². The zero-order valence-electron chi connectivity index (χ0n) is 13.1. The molecule has 0 atom stereocenters. The van der Waals surface area contributed by atoms with E-state index in [1.54, 1.807) is 6.07 Å². The van der Waals surface area contributed by atoms with E-state index < -0.39 is 17.5 Å². The number of fused-ring (bicyclic) bond motifs is 1. The Hall–Kier alpha value is -3.02. The normalized spacial score (nSPS) is 13.8. The van der Waals surface area contributed by atoms with Crippen molar-refractivity contribution in [3.63, 3.8) is 0 Å². The fraction of sp³-hybridized carbons (Fsp3) is 0.158. The molecule has 4 nitrogen and oxygen atoms in total. The molecule has 1 heterocycles. The second kappa shape index (κ2) is 5.81. The van der Waals surface area contributed by atoms with Gasteiger partial charge in [-0.1, -0.05) is 6.07 Å². The van der Waals surface area contributed by atoms with Gasteiger partial charge < -0.3 is 9.88 Å². The van der Waals surface area contributed by atoms with Crippen LogP contribution in [0, 0.1) is 11.6 Å². The quantitative estimate of drug-likeness (QED) is 0.787. The van der Waals surface area contributed by atoms with Crippen LogP contribution < -0.4 is 10.9 Å². The molecule has 1 aromatic heterocycles. The van der Waals surface area contributed by atoms with Crippen LogP contribution in [0.5, 0.6) is 0 Å². The summed E-state index contributed by atoms with van der Waals surface area (Å²) in [5, 5.41) is 3.43. The van der Waals surface area contributed by atoms with Gasteiger partial charge in [-0.2, -0.15) is 0 Å².